The summed E-state index contributed by atoms with van der Waals surface area (Å²) in [5.74, 6) is -1.62. The Morgan fingerprint density at radius 3 is 2.57 bits per heavy atom. The fraction of sp³-hybridized carbons (Fsp3) is 0.467. The van der Waals surface area contributed by atoms with Crippen molar-refractivity contribution < 1.29 is 19.1 Å². The minimum Gasteiger partial charge on any atom is -0.481 e. The Balaban J connectivity index is 2.31. The Morgan fingerprint density at radius 1 is 1.29 bits per heavy atom. The van der Waals surface area contributed by atoms with E-state index in [1.54, 1.807) is 32.0 Å². The third-order valence-electron chi connectivity index (χ3n) is 3.24. The Bertz CT molecular complexity index is 494. The quantitative estimate of drug-likeness (QED) is 0.677. The number of carboxylic acid groups (broad SMARTS) is 1. The lowest BCUT2D eigenvalue weighted by Gasteiger charge is -2.15. The molecule has 0 saturated carbocycles. The number of rotatable bonds is 7. The highest BCUT2D eigenvalue weighted by Crippen LogP contribution is 2.15. The van der Waals surface area contributed by atoms with Crippen molar-refractivity contribution in [2.24, 2.45) is 5.92 Å². The van der Waals surface area contributed by atoms with Gasteiger partial charge in [0.2, 0.25) is 0 Å². The molecule has 2 unspecified atom stereocenters. The molecule has 1 rings (SSSR count). The molecule has 0 saturated heterocycles. The number of nitrogens with one attached hydrogen (secondary N) is 2. The van der Waals surface area contributed by atoms with Gasteiger partial charge in [0.15, 0.2) is 0 Å². The molecule has 0 fully saturated rings. The smallest absolute Gasteiger partial charge is 0.315 e. The number of hydrogen-bond donors (Lipinski definition) is 3. The highest BCUT2D eigenvalue weighted by Gasteiger charge is 2.13. The summed E-state index contributed by atoms with van der Waals surface area (Å²) in [7, 11) is 0. The Labute approximate surface area is 123 Å². The molecule has 3 N–H and O–H groups in total. The maximum Gasteiger partial charge on any atom is 0.315 e. The normalized spacial score (nSPS) is 13.3. The van der Waals surface area contributed by atoms with Crippen LogP contribution in [0, 0.1) is 11.7 Å². The summed E-state index contributed by atoms with van der Waals surface area (Å²) >= 11 is 0. The minimum absolute atomic E-state index is 0.361. The lowest BCUT2D eigenvalue weighted by molar-refractivity contribution is -0.141. The standard InChI is InChI=1S/C15H21FN2O3/c1-10(14(19)20)6-5-9-17-15(21)18-11(2)12-7-3-4-8-13(12)16/h3-4,7-8,10-11H,5-6,9H2,1-2H3,(H,19,20)(H2,17,18,21). The van der Waals surface area contributed by atoms with Crippen LogP contribution in [0.1, 0.15) is 38.3 Å². The van der Waals surface area contributed by atoms with Gasteiger partial charge in [0, 0.05) is 12.1 Å². The van der Waals surface area contributed by atoms with Gasteiger partial charge in [-0.15, -0.1) is 0 Å². The van der Waals surface area contributed by atoms with E-state index in [0.29, 0.717) is 24.9 Å². The molecule has 0 bridgehead atoms. The van der Waals surface area contributed by atoms with Crippen LogP contribution in [0.2, 0.25) is 0 Å². The van der Waals surface area contributed by atoms with Crippen molar-refractivity contribution in [3.63, 3.8) is 0 Å². The van der Waals surface area contributed by atoms with Crippen LogP contribution in [0.15, 0.2) is 24.3 Å². The van der Waals surface area contributed by atoms with Gasteiger partial charge in [-0.3, -0.25) is 4.79 Å². The van der Waals surface area contributed by atoms with E-state index < -0.39 is 24.0 Å². The second kappa shape index (κ2) is 8.24. The monoisotopic (exact) mass is 296 g/mol. The molecule has 0 aliphatic rings. The van der Waals surface area contributed by atoms with Crippen molar-refractivity contribution in [2.75, 3.05) is 6.54 Å². The number of halogens is 1. The maximum atomic E-state index is 13.5. The average molecular weight is 296 g/mol. The fourth-order valence-corrected chi connectivity index (χ4v) is 1.89. The Morgan fingerprint density at radius 2 is 1.95 bits per heavy atom. The molecule has 5 nitrogen and oxygen atoms in total. The largest absolute Gasteiger partial charge is 0.481 e. The van der Waals surface area contributed by atoms with Gasteiger partial charge >= 0.3 is 12.0 Å². The van der Waals surface area contributed by atoms with Gasteiger partial charge in [-0.2, -0.15) is 0 Å². The molecule has 0 aliphatic carbocycles. The molecule has 2 amide bonds. The summed E-state index contributed by atoms with van der Waals surface area (Å²) in [6, 6.07) is 5.43. The van der Waals surface area contributed by atoms with Crippen LogP contribution in [-0.2, 0) is 4.79 Å². The first-order valence-corrected chi connectivity index (χ1v) is 6.93. The van der Waals surface area contributed by atoms with E-state index in [2.05, 4.69) is 10.6 Å². The average Bonchev–Trinajstić information content (AvgIpc) is 2.43. The summed E-state index contributed by atoms with van der Waals surface area (Å²) < 4.78 is 13.5. The van der Waals surface area contributed by atoms with Gasteiger partial charge in [0.05, 0.1) is 12.0 Å². The van der Waals surface area contributed by atoms with Gasteiger partial charge in [-0.25, -0.2) is 9.18 Å². The number of urea groups is 1. The summed E-state index contributed by atoms with van der Waals surface area (Å²) in [6.07, 6.45) is 1.08. The number of hydrogen-bond acceptors (Lipinski definition) is 2. The minimum atomic E-state index is -0.840. The second-order valence-corrected chi connectivity index (χ2v) is 5.02. The third-order valence-corrected chi connectivity index (χ3v) is 3.24. The summed E-state index contributed by atoms with van der Waals surface area (Å²) in [6.45, 7) is 3.71. The predicted octanol–water partition coefficient (Wildman–Crippen LogP) is 2.69. The molecule has 1 aromatic carbocycles. The Hall–Kier alpha value is -2.11. The van der Waals surface area contributed by atoms with Crippen molar-refractivity contribution in [3.05, 3.63) is 35.6 Å². The number of amides is 2. The molecule has 0 spiro atoms. The summed E-state index contributed by atoms with van der Waals surface area (Å²) in [5, 5.41) is 14.0. The van der Waals surface area contributed by atoms with Crippen molar-refractivity contribution in [3.8, 4) is 0 Å². The van der Waals surface area contributed by atoms with E-state index in [1.807, 2.05) is 0 Å². The zero-order valence-electron chi connectivity index (χ0n) is 12.2. The van der Waals surface area contributed by atoms with Gasteiger partial charge < -0.3 is 15.7 Å². The van der Waals surface area contributed by atoms with Crippen LogP contribution in [0.25, 0.3) is 0 Å². The molecule has 0 heterocycles. The summed E-state index contributed by atoms with van der Waals surface area (Å²) in [4.78, 5) is 22.3. The highest BCUT2D eigenvalue weighted by molar-refractivity contribution is 5.74. The van der Waals surface area contributed by atoms with E-state index >= 15 is 0 Å². The lowest BCUT2D eigenvalue weighted by atomic mass is 10.1. The fourth-order valence-electron chi connectivity index (χ4n) is 1.89. The summed E-state index contributed by atoms with van der Waals surface area (Å²) in [5.41, 5.74) is 0.423. The molecule has 116 valence electrons. The first kappa shape index (κ1) is 16.9. The van der Waals surface area contributed by atoms with Crippen molar-refractivity contribution in [1.82, 2.24) is 10.6 Å². The van der Waals surface area contributed by atoms with Crippen molar-refractivity contribution >= 4 is 12.0 Å². The van der Waals surface area contributed by atoms with Gasteiger partial charge in [-0.1, -0.05) is 25.1 Å². The van der Waals surface area contributed by atoms with E-state index in [4.69, 9.17) is 5.11 Å². The molecule has 2 atom stereocenters. The van der Waals surface area contributed by atoms with Crippen LogP contribution in [0.4, 0.5) is 9.18 Å². The second-order valence-electron chi connectivity index (χ2n) is 5.02. The first-order chi connectivity index (χ1) is 9.91. The van der Waals surface area contributed by atoms with Crippen LogP contribution < -0.4 is 10.6 Å². The predicted molar refractivity (Wildman–Crippen MR) is 77.4 cm³/mol. The van der Waals surface area contributed by atoms with Crippen LogP contribution in [-0.4, -0.2) is 23.7 Å². The lowest BCUT2D eigenvalue weighted by Crippen LogP contribution is -2.37. The zero-order valence-corrected chi connectivity index (χ0v) is 12.2. The molecule has 1 aromatic rings. The Kier molecular flexibility index (Phi) is 6.65. The molecule has 0 aromatic heterocycles. The molecule has 0 radical (unpaired) electrons. The zero-order chi connectivity index (χ0) is 15.8. The number of carbonyl (C=O) groups excluding carboxylic acids is 1. The van der Waals surface area contributed by atoms with Gasteiger partial charge in [0.25, 0.3) is 0 Å². The van der Waals surface area contributed by atoms with E-state index in [1.165, 1.54) is 6.07 Å². The van der Waals surface area contributed by atoms with E-state index in [9.17, 15) is 14.0 Å². The number of carboxylic acids is 1. The molecule has 0 aliphatic heterocycles. The number of carbonyl (C=O) groups is 2. The van der Waals surface area contributed by atoms with E-state index in [-0.39, 0.29) is 5.82 Å². The van der Waals surface area contributed by atoms with Crippen LogP contribution in [0.5, 0.6) is 0 Å². The van der Waals surface area contributed by atoms with E-state index in [0.717, 1.165) is 0 Å². The third kappa shape index (κ3) is 5.81. The number of benzene rings is 1. The van der Waals surface area contributed by atoms with Crippen LogP contribution >= 0.6 is 0 Å². The van der Waals surface area contributed by atoms with Crippen LogP contribution in [0.3, 0.4) is 0 Å². The number of aliphatic carboxylic acids is 1. The molecular weight excluding hydrogens is 275 g/mol. The van der Waals surface area contributed by atoms with Crippen molar-refractivity contribution in [2.45, 2.75) is 32.7 Å². The topological polar surface area (TPSA) is 78.4 Å². The molecule has 6 heteroatoms. The first-order valence-electron chi connectivity index (χ1n) is 6.93. The highest BCUT2D eigenvalue weighted by atomic mass is 19.1. The maximum absolute atomic E-state index is 13.5. The van der Waals surface area contributed by atoms with Crippen molar-refractivity contribution in [1.29, 1.82) is 0 Å². The molecule has 21 heavy (non-hydrogen) atoms. The van der Waals surface area contributed by atoms with Gasteiger partial charge in [-0.05, 0) is 25.8 Å². The SMILES string of the molecule is CC(CCCNC(=O)NC(C)c1ccccc1F)C(=O)O. The van der Waals surface area contributed by atoms with Gasteiger partial charge in [0.1, 0.15) is 5.82 Å². The molecular formula is C15H21FN2O3.